The van der Waals surface area contributed by atoms with Crippen molar-refractivity contribution in [1.82, 2.24) is 0 Å². The molecule has 0 aliphatic heterocycles. The monoisotopic (exact) mass is 212 g/mol. The van der Waals surface area contributed by atoms with Crippen molar-refractivity contribution in [3.8, 4) is 0 Å². The lowest BCUT2D eigenvalue weighted by Crippen LogP contribution is -2.36. The molecule has 1 aromatic rings. The van der Waals surface area contributed by atoms with Gasteiger partial charge in [0.15, 0.2) is 0 Å². The summed E-state index contributed by atoms with van der Waals surface area (Å²) in [5.74, 6) is -0.972. The second-order valence-electron chi connectivity index (χ2n) is 3.12. The average molecular weight is 212 g/mol. The summed E-state index contributed by atoms with van der Waals surface area (Å²) in [5, 5.41) is 11.4. The van der Waals surface area contributed by atoms with Crippen molar-refractivity contribution in [3.63, 3.8) is 0 Å². The normalized spacial score (nSPS) is 12.1. The molecule has 15 heavy (non-hydrogen) atoms. The molecule has 0 saturated heterocycles. The Balaban J connectivity index is 2.69. The standard InChI is InChI=1S/C10H13FN2O2/c11-7-2-1-3-8(6-7)13-9(4-5-14)10(12)15/h1-3,6,9,13-14H,4-5H2,(H2,12,15). The third-order valence-corrected chi connectivity index (χ3v) is 1.93. The van der Waals surface area contributed by atoms with Crippen LogP contribution in [0.15, 0.2) is 24.3 Å². The molecule has 0 bridgehead atoms. The number of benzene rings is 1. The van der Waals surface area contributed by atoms with E-state index >= 15 is 0 Å². The Morgan fingerprint density at radius 1 is 1.60 bits per heavy atom. The molecule has 1 rings (SSSR count). The van der Waals surface area contributed by atoms with Crippen molar-refractivity contribution >= 4 is 11.6 Å². The molecule has 5 heteroatoms. The van der Waals surface area contributed by atoms with E-state index in [2.05, 4.69) is 5.32 Å². The van der Waals surface area contributed by atoms with Crippen LogP contribution >= 0.6 is 0 Å². The highest BCUT2D eigenvalue weighted by atomic mass is 19.1. The number of halogens is 1. The molecule has 1 unspecified atom stereocenters. The van der Waals surface area contributed by atoms with Crippen LogP contribution in [0.1, 0.15) is 6.42 Å². The number of anilines is 1. The Kier molecular flexibility index (Phi) is 4.05. The molecule has 82 valence electrons. The number of nitrogens with one attached hydrogen (secondary N) is 1. The van der Waals surface area contributed by atoms with Crippen LogP contribution in [-0.2, 0) is 4.79 Å². The second kappa shape index (κ2) is 5.31. The first-order chi connectivity index (χ1) is 7.13. The lowest BCUT2D eigenvalue weighted by atomic mass is 10.2. The number of hydrogen-bond donors (Lipinski definition) is 3. The lowest BCUT2D eigenvalue weighted by Gasteiger charge is -2.15. The molecule has 1 amide bonds. The summed E-state index contributed by atoms with van der Waals surface area (Å²) < 4.78 is 12.8. The summed E-state index contributed by atoms with van der Waals surface area (Å²) in [7, 11) is 0. The quantitative estimate of drug-likeness (QED) is 0.664. The number of primary amides is 1. The van der Waals surface area contributed by atoms with Crippen molar-refractivity contribution in [3.05, 3.63) is 30.1 Å². The van der Waals surface area contributed by atoms with Crippen LogP contribution in [0.4, 0.5) is 10.1 Å². The number of carbonyl (C=O) groups is 1. The highest BCUT2D eigenvalue weighted by Crippen LogP contribution is 2.11. The number of aliphatic hydroxyl groups is 1. The topological polar surface area (TPSA) is 75.4 Å². The first kappa shape index (κ1) is 11.5. The van der Waals surface area contributed by atoms with Gasteiger partial charge in [-0.15, -0.1) is 0 Å². The zero-order valence-corrected chi connectivity index (χ0v) is 8.11. The molecule has 0 aromatic heterocycles. The Morgan fingerprint density at radius 2 is 2.33 bits per heavy atom. The van der Waals surface area contributed by atoms with E-state index in [4.69, 9.17) is 10.8 Å². The van der Waals surface area contributed by atoms with E-state index in [-0.39, 0.29) is 13.0 Å². The van der Waals surface area contributed by atoms with Crippen LogP contribution in [0.5, 0.6) is 0 Å². The Hall–Kier alpha value is -1.62. The largest absolute Gasteiger partial charge is 0.396 e. The van der Waals surface area contributed by atoms with Crippen molar-refractivity contribution < 1.29 is 14.3 Å². The van der Waals surface area contributed by atoms with Crippen molar-refractivity contribution in [1.29, 1.82) is 0 Å². The van der Waals surface area contributed by atoms with Gasteiger partial charge in [-0.2, -0.15) is 0 Å². The molecule has 0 saturated carbocycles. The highest BCUT2D eigenvalue weighted by Gasteiger charge is 2.13. The zero-order chi connectivity index (χ0) is 11.3. The number of carbonyl (C=O) groups excluding carboxylic acids is 1. The highest BCUT2D eigenvalue weighted by molar-refractivity contribution is 5.82. The molecule has 4 N–H and O–H groups in total. The zero-order valence-electron chi connectivity index (χ0n) is 8.11. The molecular weight excluding hydrogens is 199 g/mol. The molecule has 1 atom stereocenters. The SMILES string of the molecule is NC(=O)C(CCO)Nc1cccc(F)c1. The van der Waals surface area contributed by atoms with Gasteiger partial charge in [0.25, 0.3) is 0 Å². The summed E-state index contributed by atoms with van der Waals surface area (Å²) in [6.07, 6.45) is 0.200. The minimum atomic E-state index is -0.684. The summed E-state index contributed by atoms with van der Waals surface area (Å²) >= 11 is 0. The molecule has 0 heterocycles. The molecule has 4 nitrogen and oxygen atoms in total. The fourth-order valence-corrected chi connectivity index (χ4v) is 1.19. The van der Waals surface area contributed by atoms with Gasteiger partial charge in [0.2, 0.25) is 5.91 Å². The molecule has 1 aromatic carbocycles. The van der Waals surface area contributed by atoms with Gasteiger partial charge in [-0.3, -0.25) is 4.79 Å². The van der Waals surface area contributed by atoms with Crippen molar-refractivity contribution in [2.24, 2.45) is 5.73 Å². The van der Waals surface area contributed by atoms with E-state index in [1.54, 1.807) is 6.07 Å². The van der Waals surface area contributed by atoms with Gasteiger partial charge in [0.05, 0.1) is 0 Å². The van der Waals surface area contributed by atoms with Gasteiger partial charge in [0.1, 0.15) is 11.9 Å². The molecular formula is C10H13FN2O2. The Bertz CT molecular complexity index is 344. The van der Waals surface area contributed by atoms with E-state index in [9.17, 15) is 9.18 Å². The summed E-state index contributed by atoms with van der Waals surface area (Å²) in [4.78, 5) is 10.9. The Morgan fingerprint density at radius 3 is 2.87 bits per heavy atom. The molecule has 0 aliphatic carbocycles. The number of rotatable bonds is 5. The predicted molar refractivity (Wildman–Crippen MR) is 54.7 cm³/mol. The maximum Gasteiger partial charge on any atom is 0.240 e. The third kappa shape index (κ3) is 3.55. The number of aliphatic hydroxyl groups excluding tert-OH is 1. The maximum atomic E-state index is 12.8. The van der Waals surface area contributed by atoms with Crippen LogP contribution < -0.4 is 11.1 Å². The van der Waals surface area contributed by atoms with E-state index in [0.29, 0.717) is 5.69 Å². The van der Waals surface area contributed by atoms with Crippen molar-refractivity contribution in [2.75, 3.05) is 11.9 Å². The van der Waals surface area contributed by atoms with Gasteiger partial charge < -0.3 is 16.2 Å². The molecule has 0 aliphatic rings. The smallest absolute Gasteiger partial charge is 0.240 e. The summed E-state index contributed by atoms with van der Waals surface area (Å²) in [5.41, 5.74) is 5.57. The Labute approximate surface area is 86.9 Å². The molecule has 0 fully saturated rings. The molecule has 0 spiro atoms. The summed E-state index contributed by atoms with van der Waals surface area (Å²) in [6, 6.07) is 5.02. The van der Waals surface area contributed by atoms with E-state index < -0.39 is 17.8 Å². The maximum absolute atomic E-state index is 12.8. The van der Waals surface area contributed by atoms with Gasteiger partial charge >= 0.3 is 0 Å². The fourth-order valence-electron chi connectivity index (χ4n) is 1.19. The number of nitrogens with two attached hydrogens (primary N) is 1. The number of hydrogen-bond acceptors (Lipinski definition) is 3. The van der Waals surface area contributed by atoms with E-state index in [0.717, 1.165) is 0 Å². The minimum Gasteiger partial charge on any atom is -0.396 e. The minimum absolute atomic E-state index is 0.157. The van der Waals surface area contributed by atoms with Gasteiger partial charge in [0, 0.05) is 12.3 Å². The summed E-state index contributed by atoms with van der Waals surface area (Å²) in [6.45, 7) is -0.157. The fraction of sp³-hybridized carbons (Fsp3) is 0.300. The first-order valence-corrected chi connectivity index (χ1v) is 4.55. The third-order valence-electron chi connectivity index (χ3n) is 1.93. The van der Waals surface area contributed by atoms with Crippen LogP contribution in [0.3, 0.4) is 0 Å². The van der Waals surface area contributed by atoms with Gasteiger partial charge in [-0.1, -0.05) is 6.07 Å². The van der Waals surface area contributed by atoms with Gasteiger partial charge in [-0.05, 0) is 24.6 Å². The van der Waals surface area contributed by atoms with Crippen LogP contribution in [0, 0.1) is 5.82 Å². The van der Waals surface area contributed by atoms with Crippen LogP contribution in [-0.4, -0.2) is 23.7 Å². The second-order valence-corrected chi connectivity index (χ2v) is 3.12. The predicted octanol–water partition coefficient (Wildman–Crippen LogP) is 0.474. The van der Waals surface area contributed by atoms with Crippen LogP contribution in [0.2, 0.25) is 0 Å². The van der Waals surface area contributed by atoms with Crippen LogP contribution in [0.25, 0.3) is 0 Å². The number of amides is 1. The van der Waals surface area contributed by atoms with Crippen molar-refractivity contribution in [2.45, 2.75) is 12.5 Å². The van der Waals surface area contributed by atoms with E-state index in [1.165, 1.54) is 18.2 Å². The molecule has 0 radical (unpaired) electrons. The average Bonchev–Trinajstić information content (AvgIpc) is 2.17. The lowest BCUT2D eigenvalue weighted by molar-refractivity contribution is -0.119. The first-order valence-electron chi connectivity index (χ1n) is 4.55. The van der Waals surface area contributed by atoms with E-state index in [1.807, 2.05) is 0 Å². The van der Waals surface area contributed by atoms with Gasteiger partial charge in [-0.25, -0.2) is 4.39 Å².